The third-order valence-electron chi connectivity index (χ3n) is 3.20. The molecule has 0 bridgehead atoms. The Morgan fingerprint density at radius 2 is 1.95 bits per heavy atom. The van der Waals surface area contributed by atoms with Crippen LogP contribution in [-0.4, -0.2) is 7.05 Å². The first-order valence-electron chi connectivity index (χ1n) is 6.15. The second-order valence-electron chi connectivity index (χ2n) is 4.47. The van der Waals surface area contributed by atoms with Gasteiger partial charge in [0.15, 0.2) is 0 Å². The first-order valence-corrected chi connectivity index (χ1v) is 8.64. The monoisotopic (exact) mass is 351 g/mol. The molecule has 2 heterocycles. The van der Waals surface area contributed by atoms with Gasteiger partial charge in [0.25, 0.3) is 0 Å². The molecule has 0 amide bonds. The molecular weight excluding hydrogens is 338 g/mol. The lowest BCUT2D eigenvalue weighted by Crippen LogP contribution is -2.17. The Labute approximate surface area is 129 Å². The van der Waals surface area contributed by atoms with E-state index < -0.39 is 0 Å². The standard InChI is InChI=1S/C15H14BrNS2/c1-17-12(8-10-2-4-11(16)5-3-10)14-9-15-13(19-14)6-7-18-15/h2-7,9,12,17H,8H2,1H3. The molecule has 0 aliphatic carbocycles. The van der Waals surface area contributed by atoms with Crippen LogP contribution in [0.5, 0.6) is 0 Å². The van der Waals surface area contributed by atoms with E-state index >= 15 is 0 Å². The van der Waals surface area contributed by atoms with E-state index in [4.69, 9.17) is 0 Å². The van der Waals surface area contributed by atoms with Gasteiger partial charge in [-0.15, -0.1) is 22.7 Å². The Hall–Kier alpha value is -0.680. The zero-order chi connectivity index (χ0) is 13.2. The zero-order valence-electron chi connectivity index (χ0n) is 10.5. The minimum atomic E-state index is 0.394. The van der Waals surface area contributed by atoms with Crippen LogP contribution in [0.25, 0.3) is 9.40 Å². The summed E-state index contributed by atoms with van der Waals surface area (Å²) in [6.07, 6.45) is 1.03. The Morgan fingerprint density at radius 3 is 2.63 bits per heavy atom. The number of benzene rings is 1. The summed E-state index contributed by atoms with van der Waals surface area (Å²) in [4.78, 5) is 1.42. The quantitative estimate of drug-likeness (QED) is 0.678. The maximum absolute atomic E-state index is 3.48. The van der Waals surface area contributed by atoms with Crippen molar-refractivity contribution in [3.8, 4) is 0 Å². The van der Waals surface area contributed by atoms with Crippen molar-refractivity contribution in [2.45, 2.75) is 12.5 Å². The third kappa shape index (κ3) is 2.92. The molecule has 98 valence electrons. The highest BCUT2D eigenvalue weighted by atomic mass is 79.9. The fourth-order valence-corrected chi connectivity index (χ4v) is 4.65. The van der Waals surface area contributed by atoms with Crippen LogP contribution in [0.4, 0.5) is 0 Å². The molecular formula is C15H14BrNS2. The summed E-state index contributed by atoms with van der Waals surface area (Å²) in [6.45, 7) is 0. The molecule has 1 unspecified atom stereocenters. The van der Waals surface area contributed by atoms with Crippen LogP contribution in [0.15, 0.2) is 46.3 Å². The lowest BCUT2D eigenvalue weighted by atomic mass is 10.1. The van der Waals surface area contributed by atoms with Crippen LogP contribution in [0, 0.1) is 0 Å². The molecule has 0 fully saturated rings. The number of thiophene rings is 2. The normalized spacial score (nSPS) is 12.9. The minimum absolute atomic E-state index is 0.394. The van der Waals surface area contributed by atoms with Gasteiger partial charge in [-0.05, 0) is 48.7 Å². The highest BCUT2D eigenvalue weighted by Gasteiger charge is 2.14. The van der Waals surface area contributed by atoms with Gasteiger partial charge in [-0.25, -0.2) is 0 Å². The van der Waals surface area contributed by atoms with Gasteiger partial charge in [0.05, 0.1) is 0 Å². The van der Waals surface area contributed by atoms with E-state index in [0.717, 1.165) is 10.9 Å². The van der Waals surface area contributed by atoms with Crippen molar-refractivity contribution >= 4 is 48.0 Å². The van der Waals surface area contributed by atoms with Crippen molar-refractivity contribution in [2.24, 2.45) is 0 Å². The lowest BCUT2D eigenvalue weighted by molar-refractivity contribution is 0.602. The molecule has 3 rings (SSSR count). The maximum Gasteiger partial charge on any atom is 0.0454 e. The van der Waals surface area contributed by atoms with Gasteiger partial charge in [-0.2, -0.15) is 0 Å². The predicted octanol–water partition coefficient (Wildman–Crippen LogP) is 5.23. The smallest absolute Gasteiger partial charge is 0.0454 e. The summed E-state index contributed by atoms with van der Waals surface area (Å²) in [5.41, 5.74) is 1.36. The maximum atomic E-state index is 3.48. The summed E-state index contributed by atoms with van der Waals surface area (Å²) < 4.78 is 3.93. The number of nitrogens with one attached hydrogen (secondary N) is 1. The number of hydrogen-bond donors (Lipinski definition) is 1. The van der Waals surface area contributed by atoms with E-state index in [9.17, 15) is 0 Å². The molecule has 1 aromatic carbocycles. The van der Waals surface area contributed by atoms with Crippen molar-refractivity contribution < 1.29 is 0 Å². The summed E-state index contributed by atoms with van der Waals surface area (Å²) in [5, 5.41) is 5.60. The first-order chi connectivity index (χ1) is 9.26. The van der Waals surface area contributed by atoms with E-state index in [1.807, 2.05) is 29.7 Å². The van der Waals surface area contributed by atoms with E-state index in [2.05, 4.69) is 63.0 Å². The highest BCUT2D eigenvalue weighted by molar-refractivity contribution is 9.10. The van der Waals surface area contributed by atoms with Crippen LogP contribution < -0.4 is 5.32 Å². The largest absolute Gasteiger partial charge is 0.312 e. The minimum Gasteiger partial charge on any atom is -0.312 e. The van der Waals surface area contributed by atoms with Gasteiger partial charge in [0.2, 0.25) is 0 Å². The van der Waals surface area contributed by atoms with Gasteiger partial charge in [0.1, 0.15) is 0 Å². The molecule has 1 N–H and O–H groups in total. The first kappa shape index (κ1) is 13.3. The lowest BCUT2D eigenvalue weighted by Gasteiger charge is -2.14. The van der Waals surface area contributed by atoms with Crippen molar-refractivity contribution in [2.75, 3.05) is 7.05 Å². The van der Waals surface area contributed by atoms with Gasteiger partial charge in [-0.3, -0.25) is 0 Å². The van der Waals surface area contributed by atoms with Crippen LogP contribution in [0.2, 0.25) is 0 Å². The predicted molar refractivity (Wildman–Crippen MR) is 89.3 cm³/mol. The Kier molecular flexibility index (Phi) is 4.03. The number of hydrogen-bond acceptors (Lipinski definition) is 3. The molecule has 0 aliphatic rings. The number of likely N-dealkylation sites (N-methyl/N-ethyl adjacent to an activating group) is 1. The van der Waals surface area contributed by atoms with E-state index in [0.29, 0.717) is 6.04 Å². The van der Waals surface area contributed by atoms with Crippen molar-refractivity contribution in [3.63, 3.8) is 0 Å². The summed E-state index contributed by atoms with van der Waals surface area (Å²) >= 11 is 7.20. The molecule has 0 aliphatic heterocycles. The Bertz CT molecular complexity index is 640. The van der Waals surface area contributed by atoms with Crippen LogP contribution in [-0.2, 0) is 6.42 Å². The van der Waals surface area contributed by atoms with Crippen LogP contribution in [0.1, 0.15) is 16.5 Å². The molecule has 0 saturated heterocycles. The average Bonchev–Trinajstić information content (AvgIpc) is 2.99. The molecule has 2 aromatic heterocycles. The molecule has 19 heavy (non-hydrogen) atoms. The fourth-order valence-electron chi connectivity index (χ4n) is 2.16. The van der Waals surface area contributed by atoms with Gasteiger partial charge in [-0.1, -0.05) is 28.1 Å². The average molecular weight is 352 g/mol. The molecule has 3 aromatic rings. The molecule has 4 heteroatoms. The Morgan fingerprint density at radius 1 is 1.16 bits per heavy atom. The van der Waals surface area contributed by atoms with Crippen molar-refractivity contribution in [1.82, 2.24) is 5.32 Å². The SMILES string of the molecule is CNC(Cc1ccc(Br)cc1)c1cc2sccc2s1. The van der Waals surface area contributed by atoms with Gasteiger partial charge in [0, 0.05) is 24.8 Å². The number of rotatable bonds is 4. The molecule has 1 atom stereocenters. The topological polar surface area (TPSA) is 12.0 Å². The zero-order valence-corrected chi connectivity index (χ0v) is 13.7. The second-order valence-corrected chi connectivity index (χ2v) is 7.45. The summed E-state index contributed by atoms with van der Waals surface area (Å²) in [6, 6.07) is 13.5. The van der Waals surface area contributed by atoms with Crippen LogP contribution in [0.3, 0.4) is 0 Å². The van der Waals surface area contributed by atoms with E-state index in [1.54, 1.807) is 0 Å². The molecule has 0 radical (unpaired) electrons. The molecule has 0 spiro atoms. The van der Waals surface area contributed by atoms with E-state index in [1.165, 1.54) is 19.8 Å². The van der Waals surface area contributed by atoms with E-state index in [-0.39, 0.29) is 0 Å². The highest BCUT2D eigenvalue weighted by Crippen LogP contribution is 2.34. The number of halogens is 1. The molecule has 1 nitrogen and oxygen atoms in total. The van der Waals surface area contributed by atoms with Gasteiger partial charge < -0.3 is 5.32 Å². The van der Waals surface area contributed by atoms with Gasteiger partial charge >= 0.3 is 0 Å². The Balaban J connectivity index is 1.84. The third-order valence-corrected chi connectivity index (χ3v) is 5.94. The second kappa shape index (κ2) is 5.75. The van der Waals surface area contributed by atoms with Crippen molar-refractivity contribution in [3.05, 3.63) is 56.7 Å². The molecule has 0 saturated carbocycles. The summed E-state index contributed by atoms with van der Waals surface area (Å²) in [5.74, 6) is 0. The van der Waals surface area contributed by atoms with Crippen molar-refractivity contribution in [1.29, 1.82) is 0 Å². The summed E-state index contributed by atoms with van der Waals surface area (Å²) in [7, 11) is 2.04. The fraction of sp³-hybridized carbons (Fsp3) is 0.200. The number of fused-ring (bicyclic) bond motifs is 1. The van der Waals surface area contributed by atoms with Crippen LogP contribution >= 0.6 is 38.6 Å².